The molecule has 0 rings (SSSR count). The van der Waals surface area contributed by atoms with Crippen LogP contribution in [0, 0.1) is 0 Å². The molecular weight excluding hydrogens is 172 g/mol. The van der Waals surface area contributed by atoms with Crippen molar-refractivity contribution >= 4 is 12.3 Å². The van der Waals surface area contributed by atoms with Crippen LogP contribution >= 0.6 is 0 Å². The number of carbonyl (C=O) groups excluding carboxylic acids is 2. The van der Waals surface area contributed by atoms with E-state index in [1.807, 2.05) is 0 Å². The van der Waals surface area contributed by atoms with Crippen molar-refractivity contribution in [1.82, 2.24) is 0 Å². The van der Waals surface area contributed by atoms with Gasteiger partial charge in [0.1, 0.15) is 0 Å². The summed E-state index contributed by atoms with van der Waals surface area (Å²) >= 11 is 0. The predicted octanol–water partition coefficient (Wildman–Crippen LogP) is -4.51. The van der Waals surface area contributed by atoms with Gasteiger partial charge < -0.3 is 35.1 Å². The molecule has 0 radical (unpaired) electrons. The van der Waals surface area contributed by atoms with E-state index in [1.165, 1.54) is 0 Å². The molecule has 0 aliphatic heterocycles. The summed E-state index contributed by atoms with van der Waals surface area (Å²) in [6, 6.07) is 0. The molecule has 0 saturated carbocycles. The van der Waals surface area contributed by atoms with Crippen LogP contribution in [0.1, 0.15) is 13.8 Å². The van der Waals surface area contributed by atoms with E-state index in [0.29, 0.717) is 0 Å². The monoisotopic (exact) mass is 180 g/mol. The number of aliphatic hydroxyl groups excluding tert-OH is 1. The average molecular weight is 180 g/mol. The van der Waals surface area contributed by atoms with E-state index in [1.54, 1.807) is 13.8 Å². The Bertz CT molecular complexity index is 96.2. The fourth-order valence-electron chi connectivity index (χ4n) is 0. The molecule has 1 N–H and O–H groups in total. The van der Waals surface area contributed by atoms with E-state index in [2.05, 4.69) is 0 Å². The summed E-state index contributed by atoms with van der Waals surface area (Å²) in [6.07, 6.45) is -4.83. The largest absolute Gasteiger partial charge is 0.652 e. The van der Waals surface area contributed by atoms with Crippen molar-refractivity contribution in [2.45, 2.75) is 20.0 Å². The Labute approximate surface area is 68.5 Å². The number of carboxylic acid groups (broad SMARTS) is 4. The zero-order valence-corrected chi connectivity index (χ0v) is 6.47. The quantitative estimate of drug-likeness (QED) is 0.395. The first-order valence-corrected chi connectivity index (χ1v) is 2.64. The molecule has 0 fully saturated rings. The van der Waals surface area contributed by atoms with Gasteiger partial charge in [-0.2, -0.15) is 0 Å². The molecule has 74 valence electrons. The van der Waals surface area contributed by atoms with Gasteiger partial charge >= 0.3 is 0 Å². The maximum Gasteiger partial charge on any atom is 0.0483 e. The lowest BCUT2D eigenvalue weighted by atomic mass is 10.5. The van der Waals surface area contributed by atoms with Crippen LogP contribution in [-0.4, -0.2) is 23.5 Å². The summed E-state index contributed by atoms with van der Waals surface area (Å²) < 4.78 is 0. The smallest absolute Gasteiger partial charge is 0.0483 e. The molecule has 12 heavy (non-hydrogen) atoms. The summed E-state index contributed by atoms with van der Waals surface area (Å²) in [5.41, 5.74) is 0. The van der Waals surface area contributed by atoms with Crippen LogP contribution in [0.5, 0.6) is 0 Å². The van der Waals surface area contributed by atoms with Crippen LogP contribution in [-0.2, 0) is 0 Å². The topological polar surface area (TPSA) is 147 Å². The van der Waals surface area contributed by atoms with E-state index in [-0.39, 0.29) is 6.10 Å². The van der Waals surface area contributed by atoms with Gasteiger partial charge in [0.15, 0.2) is 0 Å². The summed E-state index contributed by atoms with van der Waals surface area (Å²) in [4.78, 5) is 16.7. The fourth-order valence-corrected chi connectivity index (χ4v) is 0. The van der Waals surface area contributed by atoms with E-state index in [4.69, 9.17) is 35.1 Å². The molecular formula is C5H8O7-4. The first kappa shape index (κ1) is 16.8. The lowest BCUT2D eigenvalue weighted by Crippen LogP contribution is -2.37. The molecule has 0 atom stereocenters. The number of carbonyl (C=O) groups is 2. The zero-order valence-electron chi connectivity index (χ0n) is 6.47. The Morgan fingerprint density at radius 3 is 1.00 bits per heavy atom. The van der Waals surface area contributed by atoms with Crippen molar-refractivity contribution in [3.63, 3.8) is 0 Å². The van der Waals surface area contributed by atoms with Crippen LogP contribution in [0.2, 0.25) is 0 Å². The van der Waals surface area contributed by atoms with Gasteiger partial charge in [-0.25, -0.2) is 0 Å². The molecule has 0 aliphatic rings. The SMILES string of the molecule is CC(C)O.O=C([O-])[O-].O=C([O-])[O-]. The van der Waals surface area contributed by atoms with Crippen molar-refractivity contribution < 1.29 is 35.1 Å². The van der Waals surface area contributed by atoms with E-state index < -0.39 is 12.3 Å². The molecule has 0 aromatic rings. The van der Waals surface area contributed by atoms with Gasteiger partial charge in [0.2, 0.25) is 0 Å². The summed E-state index contributed by atoms with van der Waals surface area (Å²) in [6.45, 7) is 3.44. The molecule has 0 amide bonds. The molecule has 0 bridgehead atoms. The maximum atomic E-state index is 8.33. The van der Waals surface area contributed by atoms with Crippen molar-refractivity contribution in [1.29, 1.82) is 0 Å². The summed E-state index contributed by atoms with van der Waals surface area (Å²) in [7, 11) is 0. The zero-order chi connectivity index (χ0) is 10.7. The Morgan fingerprint density at radius 2 is 1.00 bits per heavy atom. The minimum atomic E-state index is -2.33. The van der Waals surface area contributed by atoms with Crippen LogP contribution in [0.25, 0.3) is 0 Å². The third kappa shape index (κ3) is 212. The molecule has 0 aromatic carbocycles. The van der Waals surface area contributed by atoms with Crippen LogP contribution < -0.4 is 20.4 Å². The lowest BCUT2D eigenvalue weighted by Gasteiger charge is -1.96. The highest BCUT2D eigenvalue weighted by Gasteiger charge is 1.69. The second-order valence-electron chi connectivity index (χ2n) is 1.59. The van der Waals surface area contributed by atoms with Gasteiger partial charge in [0, 0.05) is 6.10 Å². The van der Waals surface area contributed by atoms with Gasteiger partial charge in [0.05, 0.1) is 0 Å². The van der Waals surface area contributed by atoms with Crippen LogP contribution in [0.15, 0.2) is 0 Å². The Hall–Kier alpha value is -1.50. The molecule has 0 spiro atoms. The molecule has 0 aromatic heterocycles. The highest BCUT2D eigenvalue weighted by atomic mass is 16.6. The molecule has 7 nitrogen and oxygen atoms in total. The second-order valence-corrected chi connectivity index (χ2v) is 1.59. The van der Waals surface area contributed by atoms with Crippen LogP contribution in [0.4, 0.5) is 9.59 Å². The molecule has 0 aliphatic carbocycles. The van der Waals surface area contributed by atoms with E-state index in [0.717, 1.165) is 0 Å². The fraction of sp³-hybridized carbons (Fsp3) is 0.600. The Balaban J connectivity index is -0.000000101. The third-order valence-electron chi connectivity index (χ3n) is 0. The number of hydrogen-bond donors (Lipinski definition) is 1. The Kier molecular flexibility index (Phi) is 17.1. The van der Waals surface area contributed by atoms with Gasteiger partial charge in [-0.3, -0.25) is 0 Å². The molecule has 7 heteroatoms. The van der Waals surface area contributed by atoms with E-state index in [9.17, 15) is 0 Å². The Morgan fingerprint density at radius 1 is 1.00 bits per heavy atom. The predicted molar refractivity (Wildman–Crippen MR) is 28.1 cm³/mol. The minimum Gasteiger partial charge on any atom is -0.652 e. The van der Waals surface area contributed by atoms with Gasteiger partial charge in [-0.15, -0.1) is 0 Å². The maximum absolute atomic E-state index is 8.33. The normalized spacial score (nSPS) is 7.00. The molecule has 0 heterocycles. The van der Waals surface area contributed by atoms with Crippen molar-refractivity contribution in [2.24, 2.45) is 0 Å². The molecule has 0 saturated heterocycles. The van der Waals surface area contributed by atoms with E-state index >= 15 is 0 Å². The number of aliphatic hydroxyl groups is 1. The van der Waals surface area contributed by atoms with Crippen molar-refractivity contribution in [2.75, 3.05) is 0 Å². The van der Waals surface area contributed by atoms with Gasteiger partial charge in [-0.1, -0.05) is 0 Å². The van der Waals surface area contributed by atoms with Crippen LogP contribution in [0.3, 0.4) is 0 Å². The van der Waals surface area contributed by atoms with Gasteiger partial charge in [0.25, 0.3) is 0 Å². The molecule has 0 unspecified atom stereocenters. The lowest BCUT2D eigenvalue weighted by molar-refractivity contribution is -0.417. The number of hydrogen-bond acceptors (Lipinski definition) is 7. The standard InChI is InChI=1S/C3H8O.2CH2O3/c1-3(2)4;2*2-1(3)4/h3-4H,1-2H3;2*(H2,2,3,4)/p-4. The second kappa shape index (κ2) is 12.2. The van der Waals surface area contributed by atoms with Gasteiger partial charge in [-0.05, 0) is 26.2 Å². The highest BCUT2D eigenvalue weighted by molar-refractivity contribution is 5.47. The third-order valence-corrected chi connectivity index (χ3v) is 0. The first-order valence-electron chi connectivity index (χ1n) is 2.64. The highest BCUT2D eigenvalue weighted by Crippen LogP contribution is 1.65. The average Bonchev–Trinajstić information content (AvgIpc) is 1.54. The van der Waals surface area contributed by atoms with Crippen molar-refractivity contribution in [3.8, 4) is 0 Å². The summed E-state index contributed by atoms with van der Waals surface area (Å²) in [5.74, 6) is 0. The summed E-state index contributed by atoms with van der Waals surface area (Å²) in [5, 5.41) is 41.4. The van der Waals surface area contributed by atoms with Crippen molar-refractivity contribution in [3.05, 3.63) is 0 Å². The number of rotatable bonds is 0. The first-order chi connectivity index (χ1) is 5.20. The minimum absolute atomic E-state index is 0.167.